The molecule has 1 aliphatic rings. The molecule has 1 aliphatic carbocycles. The van der Waals surface area contributed by atoms with Crippen molar-refractivity contribution in [1.82, 2.24) is 10.6 Å². The molecular formula is C13H25N3O3. The normalized spacial score (nSPS) is 16.1. The number of ether oxygens (including phenoxy) is 1. The molecule has 6 heteroatoms. The zero-order chi connectivity index (χ0) is 13.9. The van der Waals surface area contributed by atoms with E-state index in [2.05, 4.69) is 10.6 Å². The van der Waals surface area contributed by atoms with Crippen LogP contribution >= 0.6 is 0 Å². The summed E-state index contributed by atoms with van der Waals surface area (Å²) in [5.74, 6) is -0.518. The number of amides is 2. The third kappa shape index (κ3) is 7.79. The SMILES string of the molecule is NCC(=O)NCC(=O)NCCCOC1CCCCC1. The molecule has 0 aromatic heterocycles. The van der Waals surface area contributed by atoms with Crippen molar-refractivity contribution in [2.75, 3.05) is 26.2 Å². The average Bonchev–Trinajstić information content (AvgIpc) is 2.45. The number of hydrogen-bond donors (Lipinski definition) is 3. The first kappa shape index (κ1) is 15.9. The van der Waals surface area contributed by atoms with Gasteiger partial charge < -0.3 is 21.1 Å². The van der Waals surface area contributed by atoms with Crippen LogP contribution < -0.4 is 16.4 Å². The van der Waals surface area contributed by atoms with E-state index in [1.165, 1.54) is 19.3 Å². The second kappa shape index (κ2) is 9.75. The Hall–Kier alpha value is -1.14. The number of carbonyl (C=O) groups excluding carboxylic acids is 2. The van der Waals surface area contributed by atoms with Crippen molar-refractivity contribution in [1.29, 1.82) is 0 Å². The highest BCUT2D eigenvalue weighted by atomic mass is 16.5. The van der Waals surface area contributed by atoms with Crippen molar-refractivity contribution in [2.24, 2.45) is 5.73 Å². The largest absolute Gasteiger partial charge is 0.378 e. The van der Waals surface area contributed by atoms with Gasteiger partial charge in [-0.25, -0.2) is 0 Å². The van der Waals surface area contributed by atoms with Crippen LogP contribution in [0.3, 0.4) is 0 Å². The molecule has 0 aromatic carbocycles. The van der Waals surface area contributed by atoms with Crippen molar-refractivity contribution in [3.63, 3.8) is 0 Å². The van der Waals surface area contributed by atoms with Crippen LogP contribution in [0.1, 0.15) is 38.5 Å². The van der Waals surface area contributed by atoms with Gasteiger partial charge in [0.1, 0.15) is 0 Å². The van der Waals surface area contributed by atoms with Gasteiger partial charge in [-0.05, 0) is 19.3 Å². The van der Waals surface area contributed by atoms with Crippen molar-refractivity contribution in [3.05, 3.63) is 0 Å². The number of nitrogens with two attached hydrogens (primary N) is 1. The fraction of sp³-hybridized carbons (Fsp3) is 0.846. The van der Waals surface area contributed by atoms with Crippen molar-refractivity contribution in [2.45, 2.75) is 44.6 Å². The summed E-state index contributed by atoms with van der Waals surface area (Å²) in [5, 5.41) is 5.14. The summed E-state index contributed by atoms with van der Waals surface area (Å²) >= 11 is 0. The van der Waals surface area contributed by atoms with Gasteiger partial charge in [0.2, 0.25) is 11.8 Å². The summed E-state index contributed by atoms with van der Waals surface area (Å²) in [5.41, 5.74) is 5.11. The summed E-state index contributed by atoms with van der Waals surface area (Å²) < 4.78 is 5.74. The maximum absolute atomic E-state index is 11.3. The smallest absolute Gasteiger partial charge is 0.239 e. The third-order valence-corrected chi connectivity index (χ3v) is 3.18. The minimum atomic E-state index is -0.323. The van der Waals surface area contributed by atoms with Crippen molar-refractivity contribution in [3.8, 4) is 0 Å². The van der Waals surface area contributed by atoms with E-state index in [1.807, 2.05) is 0 Å². The summed E-state index contributed by atoms with van der Waals surface area (Å²) in [6, 6.07) is 0. The Balaban J connectivity index is 1.92. The zero-order valence-corrected chi connectivity index (χ0v) is 11.5. The molecule has 19 heavy (non-hydrogen) atoms. The van der Waals surface area contributed by atoms with Crippen LogP contribution in [0.5, 0.6) is 0 Å². The molecule has 0 aliphatic heterocycles. The van der Waals surface area contributed by atoms with Crippen LogP contribution in [0.4, 0.5) is 0 Å². The second-order valence-corrected chi connectivity index (χ2v) is 4.82. The molecule has 4 N–H and O–H groups in total. The van der Waals surface area contributed by atoms with Gasteiger partial charge in [0.25, 0.3) is 0 Å². The minimum absolute atomic E-state index is 0.0144. The molecule has 0 bridgehead atoms. The highest BCUT2D eigenvalue weighted by Crippen LogP contribution is 2.20. The van der Waals surface area contributed by atoms with Gasteiger partial charge >= 0.3 is 0 Å². The summed E-state index contributed by atoms with van der Waals surface area (Å²) in [6.45, 7) is 1.15. The van der Waals surface area contributed by atoms with E-state index in [0.717, 1.165) is 19.3 Å². The first-order chi connectivity index (χ1) is 9.22. The van der Waals surface area contributed by atoms with Crippen molar-refractivity contribution < 1.29 is 14.3 Å². The van der Waals surface area contributed by atoms with E-state index in [1.54, 1.807) is 0 Å². The molecule has 0 heterocycles. The molecule has 0 atom stereocenters. The quantitative estimate of drug-likeness (QED) is 0.538. The molecule has 0 radical (unpaired) electrons. The fourth-order valence-corrected chi connectivity index (χ4v) is 2.10. The van der Waals surface area contributed by atoms with E-state index in [9.17, 15) is 9.59 Å². The van der Waals surface area contributed by atoms with Crippen LogP contribution in [0.15, 0.2) is 0 Å². The Bertz CT molecular complexity index is 278. The summed E-state index contributed by atoms with van der Waals surface area (Å²) in [4.78, 5) is 22.2. The Morgan fingerprint density at radius 1 is 1.11 bits per heavy atom. The molecule has 6 nitrogen and oxygen atoms in total. The van der Waals surface area contributed by atoms with Gasteiger partial charge in [-0.3, -0.25) is 9.59 Å². The standard InChI is InChI=1S/C13H25N3O3/c14-9-12(17)16-10-13(18)15-7-4-8-19-11-5-2-1-3-6-11/h11H,1-10,14H2,(H,15,18)(H,16,17). The number of rotatable bonds is 8. The molecule has 0 spiro atoms. The van der Waals surface area contributed by atoms with Crippen LogP contribution in [-0.2, 0) is 14.3 Å². The van der Waals surface area contributed by atoms with Crippen LogP contribution in [-0.4, -0.2) is 44.2 Å². The lowest BCUT2D eigenvalue weighted by Gasteiger charge is -2.21. The first-order valence-electron chi connectivity index (χ1n) is 7.07. The van der Waals surface area contributed by atoms with Gasteiger partial charge in [-0.1, -0.05) is 19.3 Å². The second-order valence-electron chi connectivity index (χ2n) is 4.82. The number of nitrogens with one attached hydrogen (secondary N) is 2. The molecule has 0 unspecified atom stereocenters. The first-order valence-corrected chi connectivity index (χ1v) is 7.07. The molecule has 2 amide bonds. The molecule has 0 saturated heterocycles. The lowest BCUT2D eigenvalue weighted by atomic mass is 9.98. The molecular weight excluding hydrogens is 246 g/mol. The zero-order valence-electron chi connectivity index (χ0n) is 11.5. The molecule has 110 valence electrons. The number of hydrogen-bond acceptors (Lipinski definition) is 4. The molecule has 1 fully saturated rings. The van der Waals surface area contributed by atoms with E-state index >= 15 is 0 Å². The molecule has 1 rings (SSSR count). The van der Waals surface area contributed by atoms with Gasteiger partial charge in [-0.2, -0.15) is 0 Å². The average molecular weight is 271 g/mol. The lowest BCUT2D eigenvalue weighted by molar-refractivity contribution is -0.125. The van der Waals surface area contributed by atoms with Gasteiger partial charge in [0.15, 0.2) is 0 Å². The number of carbonyl (C=O) groups is 2. The third-order valence-electron chi connectivity index (χ3n) is 3.18. The summed E-state index contributed by atoms with van der Waals surface area (Å²) in [7, 11) is 0. The molecule has 1 saturated carbocycles. The monoisotopic (exact) mass is 271 g/mol. The Labute approximate surface area is 114 Å². The van der Waals surface area contributed by atoms with Crippen LogP contribution in [0, 0.1) is 0 Å². The Kier molecular flexibility index (Phi) is 8.16. The lowest BCUT2D eigenvalue weighted by Crippen LogP contribution is -2.39. The maximum atomic E-state index is 11.3. The van der Waals surface area contributed by atoms with Crippen molar-refractivity contribution >= 4 is 11.8 Å². The maximum Gasteiger partial charge on any atom is 0.239 e. The Morgan fingerprint density at radius 2 is 1.84 bits per heavy atom. The Morgan fingerprint density at radius 3 is 2.53 bits per heavy atom. The van der Waals surface area contributed by atoms with E-state index in [-0.39, 0.29) is 24.9 Å². The predicted molar refractivity (Wildman–Crippen MR) is 72.5 cm³/mol. The van der Waals surface area contributed by atoms with Crippen LogP contribution in [0.25, 0.3) is 0 Å². The van der Waals surface area contributed by atoms with E-state index in [0.29, 0.717) is 19.3 Å². The van der Waals surface area contributed by atoms with Gasteiger partial charge in [-0.15, -0.1) is 0 Å². The molecule has 0 aromatic rings. The van der Waals surface area contributed by atoms with Crippen LogP contribution in [0.2, 0.25) is 0 Å². The highest BCUT2D eigenvalue weighted by molar-refractivity contribution is 5.85. The predicted octanol–water partition coefficient (Wildman–Crippen LogP) is -0.0831. The summed E-state index contributed by atoms with van der Waals surface area (Å²) in [6.07, 6.45) is 7.39. The van der Waals surface area contributed by atoms with E-state index < -0.39 is 0 Å². The highest BCUT2D eigenvalue weighted by Gasteiger charge is 2.13. The van der Waals surface area contributed by atoms with Gasteiger partial charge in [0, 0.05) is 13.2 Å². The fourth-order valence-electron chi connectivity index (χ4n) is 2.10. The van der Waals surface area contributed by atoms with Gasteiger partial charge in [0.05, 0.1) is 19.2 Å². The minimum Gasteiger partial charge on any atom is -0.378 e. The topological polar surface area (TPSA) is 93.5 Å². The van der Waals surface area contributed by atoms with E-state index in [4.69, 9.17) is 10.5 Å².